The fraction of sp³-hybridized carbons (Fsp3) is 0.600. The molecule has 18 heavy (non-hydrogen) atoms. The molecule has 0 amide bonds. The van der Waals surface area contributed by atoms with Gasteiger partial charge in [0.1, 0.15) is 0 Å². The molecule has 1 saturated carbocycles. The smallest absolute Gasteiger partial charge is 0.406 e. The molecule has 1 aliphatic rings. The summed E-state index contributed by atoms with van der Waals surface area (Å²) in [4.78, 5) is 25.0. The summed E-state index contributed by atoms with van der Waals surface area (Å²) in [7, 11) is 1.62. The van der Waals surface area contributed by atoms with Crippen molar-refractivity contribution in [3.8, 4) is 0 Å². The first kappa shape index (κ1) is 12.3. The lowest BCUT2D eigenvalue weighted by Crippen LogP contribution is -2.43. The second kappa shape index (κ2) is 4.28. The van der Waals surface area contributed by atoms with Crippen molar-refractivity contribution in [1.29, 1.82) is 0 Å². The van der Waals surface area contributed by atoms with Crippen LogP contribution >= 0.6 is 0 Å². The van der Waals surface area contributed by atoms with Gasteiger partial charge in [-0.15, -0.1) is 0 Å². The third kappa shape index (κ3) is 1.89. The Labute approximate surface area is 103 Å². The highest BCUT2D eigenvalue weighted by Crippen LogP contribution is 2.41. The van der Waals surface area contributed by atoms with Crippen molar-refractivity contribution in [3.05, 3.63) is 16.4 Å². The average molecular weight is 254 g/mol. The molecule has 0 radical (unpaired) electrons. The number of rotatable bonds is 5. The molecule has 0 aliphatic heterocycles. The van der Waals surface area contributed by atoms with Gasteiger partial charge in [-0.3, -0.25) is 9.36 Å². The third-order valence-corrected chi connectivity index (χ3v) is 3.45. The topological polar surface area (TPSA) is 110 Å². The van der Waals surface area contributed by atoms with E-state index in [2.05, 4.69) is 10.3 Å². The number of aliphatic carboxylic acids is 1. The van der Waals surface area contributed by atoms with Crippen molar-refractivity contribution < 1.29 is 14.8 Å². The summed E-state index contributed by atoms with van der Waals surface area (Å²) in [6.45, 7) is 0.183. The Kier molecular flexibility index (Phi) is 2.93. The van der Waals surface area contributed by atoms with Crippen molar-refractivity contribution in [2.75, 3.05) is 11.9 Å². The van der Waals surface area contributed by atoms with E-state index in [1.165, 1.54) is 10.9 Å². The van der Waals surface area contributed by atoms with Gasteiger partial charge in [-0.05, 0) is 22.7 Å². The van der Waals surface area contributed by atoms with Gasteiger partial charge in [0.05, 0.1) is 5.41 Å². The lowest BCUT2D eigenvalue weighted by Gasteiger charge is -2.37. The van der Waals surface area contributed by atoms with E-state index in [1.807, 2.05) is 0 Å². The first-order valence-electron chi connectivity index (χ1n) is 5.59. The average Bonchev–Trinajstić information content (AvgIpc) is 2.58. The number of imidazole rings is 1. The number of nitrogens with one attached hydrogen (secondary N) is 1. The number of anilines is 1. The summed E-state index contributed by atoms with van der Waals surface area (Å²) >= 11 is 0. The van der Waals surface area contributed by atoms with Gasteiger partial charge in [-0.1, -0.05) is 6.42 Å². The van der Waals surface area contributed by atoms with Crippen LogP contribution in [0.25, 0.3) is 0 Å². The van der Waals surface area contributed by atoms with Gasteiger partial charge in [0.2, 0.25) is 12.1 Å². The first-order chi connectivity index (χ1) is 8.46. The van der Waals surface area contributed by atoms with Crippen molar-refractivity contribution in [3.63, 3.8) is 0 Å². The van der Waals surface area contributed by atoms with Gasteiger partial charge < -0.3 is 20.5 Å². The van der Waals surface area contributed by atoms with Crippen LogP contribution in [0.4, 0.5) is 11.6 Å². The monoisotopic (exact) mass is 254 g/mol. The maximum atomic E-state index is 11.2. The van der Waals surface area contributed by atoms with E-state index in [0.29, 0.717) is 12.8 Å². The molecule has 8 nitrogen and oxygen atoms in total. The van der Waals surface area contributed by atoms with Crippen LogP contribution in [-0.4, -0.2) is 32.1 Å². The Hall–Kier alpha value is -2.12. The molecule has 0 bridgehead atoms. The number of aromatic nitrogens is 2. The Morgan fingerprint density at radius 3 is 2.83 bits per heavy atom. The van der Waals surface area contributed by atoms with Gasteiger partial charge in [-0.25, -0.2) is 0 Å². The van der Waals surface area contributed by atoms with Crippen LogP contribution in [0.2, 0.25) is 0 Å². The van der Waals surface area contributed by atoms with E-state index in [0.717, 1.165) is 6.42 Å². The Morgan fingerprint density at radius 2 is 2.39 bits per heavy atom. The van der Waals surface area contributed by atoms with E-state index < -0.39 is 16.3 Å². The predicted molar refractivity (Wildman–Crippen MR) is 62.3 cm³/mol. The van der Waals surface area contributed by atoms with Crippen LogP contribution < -0.4 is 5.32 Å². The molecule has 8 heteroatoms. The van der Waals surface area contributed by atoms with Crippen LogP contribution in [0.15, 0.2) is 6.33 Å². The quantitative estimate of drug-likeness (QED) is 0.599. The summed E-state index contributed by atoms with van der Waals surface area (Å²) in [5.41, 5.74) is -0.794. The number of carbonyl (C=O) groups is 1. The minimum absolute atomic E-state index is 0.183. The molecule has 1 heterocycles. The molecule has 1 aromatic rings. The highest BCUT2D eigenvalue weighted by atomic mass is 16.6. The fourth-order valence-corrected chi connectivity index (χ4v) is 2.08. The highest BCUT2D eigenvalue weighted by Gasteiger charge is 2.44. The first-order valence-corrected chi connectivity index (χ1v) is 5.59. The maximum Gasteiger partial charge on any atom is 0.406 e. The van der Waals surface area contributed by atoms with Crippen molar-refractivity contribution in [2.24, 2.45) is 12.5 Å². The van der Waals surface area contributed by atoms with E-state index in [9.17, 15) is 14.9 Å². The zero-order chi connectivity index (χ0) is 13.3. The second-order valence-corrected chi connectivity index (χ2v) is 4.58. The number of hydrogen-bond acceptors (Lipinski definition) is 5. The third-order valence-electron chi connectivity index (χ3n) is 3.45. The van der Waals surface area contributed by atoms with E-state index in [-0.39, 0.29) is 18.2 Å². The van der Waals surface area contributed by atoms with E-state index in [1.54, 1.807) is 7.05 Å². The van der Waals surface area contributed by atoms with E-state index >= 15 is 0 Å². The molecule has 0 spiro atoms. The van der Waals surface area contributed by atoms with E-state index in [4.69, 9.17) is 5.11 Å². The highest BCUT2D eigenvalue weighted by molar-refractivity contribution is 5.76. The normalized spacial score (nSPS) is 16.9. The standard InChI is InChI=1S/C10H14N4O4/c1-13-6-12-8(14(17)18)7(13)11-5-10(9(15)16)3-2-4-10/h6,11H,2-5H2,1H3,(H,15,16). The fourth-order valence-electron chi connectivity index (χ4n) is 2.08. The zero-order valence-corrected chi connectivity index (χ0v) is 9.92. The molecule has 2 N–H and O–H groups in total. The van der Waals surface area contributed by atoms with Crippen molar-refractivity contribution >= 4 is 17.6 Å². The van der Waals surface area contributed by atoms with Crippen LogP contribution in [-0.2, 0) is 11.8 Å². The number of nitro groups is 1. The lowest BCUT2D eigenvalue weighted by molar-refractivity contribution is -0.388. The number of nitrogens with zero attached hydrogens (tertiary/aromatic N) is 3. The molecule has 1 aliphatic carbocycles. The molecule has 0 aromatic carbocycles. The van der Waals surface area contributed by atoms with Crippen LogP contribution in [0.1, 0.15) is 19.3 Å². The summed E-state index contributed by atoms with van der Waals surface area (Å²) in [5.74, 6) is -0.893. The van der Waals surface area contributed by atoms with Crippen LogP contribution in [0, 0.1) is 15.5 Å². The number of carboxylic acids is 1. The van der Waals surface area contributed by atoms with Gasteiger partial charge in [0, 0.05) is 13.6 Å². The molecule has 0 unspecified atom stereocenters. The molecular weight excluding hydrogens is 240 g/mol. The molecule has 1 aromatic heterocycles. The van der Waals surface area contributed by atoms with Crippen LogP contribution in [0.5, 0.6) is 0 Å². The minimum Gasteiger partial charge on any atom is -0.481 e. The molecule has 98 valence electrons. The number of carboxylic acid groups (broad SMARTS) is 1. The van der Waals surface area contributed by atoms with Crippen molar-refractivity contribution in [2.45, 2.75) is 19.3 Å². The SMILES string of the molecule is Cn1cnc([N+](=O)[O-])c1NCC1(C(=O)O)CCC1. The molecule has 0 atom stereocenters. The summed E-state index contributed by atoms with van der Waals surface area (Å²) in [5, 5.41) is 22.8. The Bertz CT molecular complexity index is 492. The van der Waals surface area contributed by atoms with Gasteiger partial charge >= 0.3 is 11.8 Å². The molecular formula is C10H14N4O4. The van der Waals surface area contributed by atoms with Gasteiger partial charge in [-0.2, -0.15) is 0 Å². The second-order valence-electron chi connectivity index (χ2n) is 4.58. The molecule has 0 saturated heterocycles. The molecule has 1 fully saturated rings. The Morgan fingerprint density at radius 1 is 1.72 bits per heavy atom. The summed E-state index contributed by atoms with van der Waals surface area (Å²) < 4.78 is 1.48. The van der Waals surface area contributed by atoms with Gasteiger partial charge in [0.25, 0.3) is 0 Å². The van der Waals surface area contributed by atoms with Gasteiger partial charge in [0.15, 0.2) is 0 Å². The number of hydrogen-bond donors (Lipinski definition) is 2. The Balaban J connectivity index is 2.13. The summed E-state index contributed by atoms with van der Waals surface area (Å²) in [6.07, 6.45) is 3.40. The van der Waals surface area contributed by atoms with Crippen molar-refractivity contribution in [1.82, 2.24) is 9.55 Å². The minimum atomic E-state index is -0.855. The lowest BCUT2D eigenvalue weighted by atomic mass is 9.69. The zero-order valence-electron chi connectivity index (χ0n) is 9.92. The number of aryl methyl sites for hydroxylation is 1. The predicted octanol–water partition coefficient (Wildman–Crippen LogP) is 0.995. The largest absolute Gasteiger partial charge is 0.481 e. The maximum absolute atomic E-state index is 11.2. The summed E-state index contributed by atoms with van der Waals surface area (Å²) in [6, 6.07) is 0. The molecule has 2 rings (SSSR count). The van der Waals surface area contributed by atoms with Crippen LogP contribution in [0.3, 0.4) is 0 Å².